The van der Waals surface area contributed by atoms with Gasteiger partial charge in [-0.25, -0.2) is 0 Å². The van der Waals surface area contributed by atoms with E-state index >= 15 is 0 Å². The van der Waals surface area contributed by atoms with Crippen LogP contribution in [0.5, 0.6) is 11.5 Å². The summed E-state index contributed by atoms with van der Waals surface area (Å²) in [4.78, 5) is 12.7. The van der Waals surface area contributed by atoms with E-state index in [2.05, 4.69) is 9.88 Å². The summed E-state index contributed by atoms with van der Waals surface area (Å²) in [6.07, 6.45) is 0.740. The van der Waals surface area contributed by atoms with Crippen molar-refractivity contribution in [1.82, 2.24) is 4.57 Å². The number of nitrogens with zero attached hydrogens (tertiary/aromatic N) is 1. The number of hydrogen-bond donors (Lipinski definition) is 1. The molecule has 28 heavy (non-hydrogen) atoms. The molecule has 152 valence electrons. The van der Waals surface area contributed by atoms with Crippen molar-refractivity contribution in [2.75, 3.05) is 46.9 Å². The largest absolute Gasteiger partial charge is 0.493 e. The first-order valence-electron chi connectivity index (χ1n) is 9.29. The van der Waals surface area contributed by atoms with Gasteiger partial charge in [-0.1, -0.05) is 0 Å². The molecule has 0 fully saturated rings. The van der Waals surface area contributed by atoms with Crippen LogP contribution in [0.1, 0.15) is 11.1 Å². The Bertz CT molecular complexity index is 907. The topological polar surface area (TPSA) is 71.0 Å². The first kappa shape index (κ1) is 20.2. The third-order valence-corrected chi connectivity index (χ3v) is 5.22. The number of fused-ring (bicyclic) bond motifs is 3. The lowest BCUT2D eigenvalue weighted by Gasteiger charge is -2.28. The Morgan fingerprint density at radius 2 is 1.82 bits per heavy atom. The lowest BCUT2D eigenvalue weighted by molar-refractivity contribution is 0.0365. The number of ether oxygens (including phenoxy) is 4. The highest BCUT2D eigenvalue weighted by Crippen LogP contribution is 2.40. The number of pyridine rings is 1. The van der Waals surface area contributed by atoms with Crippen molar-refractivity contribution >= 4 is 5.82 Å². The molecule has 0 saturated heterocycles. The number of nitrogens with one attached hydrogen (secondary N) is 1. The van der Waals surface area contributed by atoms with E-state index in [0.717, 1.165) is 41.2 Å². The molecule has 1 aromatic carbocycles. The number of rotatable bonds is 8. The van der Waals surface area contributed by atoms with E-state index in [4.69, 9.17) is 18.9 Å². The number of anilines is 1. The number of aryl methyl sites for hydroxylation is 1. The van der Waals surface area contributed by atoms with Crippen molar-refractivity contribution in [3.63, 3.8) is 0 Å². The van der Waals surface area contributed by atoms with E-state index in [1.54, 1.807) is 34.5 Å². The fourth-order valence-electron chi connectivity index (χ4n) is 3.67. The van der Waals surface area contributed by atoms with Crippen LogP contribution in [0.2, 0.25) is 0 Å². The Hall–Kier alpha value is -2.51. The lowest BCUT2D eigenvalue weighted by atomic mass is 9.93. The van der Waals surface area contributed by atoms with Gasteiger partial charge in [-0.15, -0.1) is 0 Å². The fourth-order valence-corrected chi connectivity index (χ4v) is 3.67. The maximum atomic E-state index is 12.7. The standard InChI is InChI=1S/C21H28N2O5/c1-13-17(24)10-20(22-11-15(26-3)12-25-2)23-7-6-14-8-18(27-4)19(28-5)9-16(14)21(13)23/h8-10,15,22H,6-7,11-12H2,1-5H3/t15-/m1/s1. The van der Waals surface area contributed by atoms with Gasteiger partial charge in [-0.05, 0) is 31.0 Å². The molecule has 0 saturated carbocycles. The minimum atomic E-state index is -0.0992. The van der Waals surface area contributed by atoms with Gasteiger partial charge in [0.25, 0.3) is 0 Å². The van der Waals surface area contributed by atoms with Crippen LogP contribution in [-0.4, -0.2) is 52.3 Å². The molecular formula is C21H28N2O5. The van der Waals surface area contributed by atoms with Crippen LogP contribution in [0.4, 0.5) is 5.82 Å². The molecule has 1 N–H and O–H groups in total. The van der Waals surface area contributed by atoms with Gasteiger partial charge >= 0.3 is 0 Å². The predicted octanol–water partition coefficient (Wildman–Crippen LogP) is 2.47. The Balaban J connectivity index is 2.06. The first-order valence-corrected chi connectivity index (χ1v) is 9.29. The molecule has 7 heteroatoms. The van der Waals surface area contributed by atoms with Gasteiger partial charge < -0.3 is 28.8 Å². The second kappa shape index (κ2) is 8.67. The van der Waals surface area contributed by atoms with Crippen molar-refractivity contribution in [1.29, 1.82) is 0 Å². The Morgan fingerprint density at radius 3 is 2.46 bits per heavy atom. The van der Waals surface area contributed by atoms with Crippen LogP contribution in [0.15, 0.2) is 23.0 Å². The molecule has 1 atom stereocenters. The van der Waals surface area contributed by atoms with Crippen LogP contribution in [0.3, 0.4) is 0 Å². The van der Waals surface area contributed by atoms with E-state index in [9.17, 15) is 4.79 Å². The number of hydrogen-bond acceptors (Lipinski definition) is 6. The molecule has 3 rings (SSSR count). The van der Waals surface area contributed by atoms with Crippen LogP contribution in [0, 0.1) is 6.92 Å². The van der Waals surface area contributed by atoms with Gasteiger partial charge in [0.1, 0.15) is 5.82 Å². The second-order valence-electron chi connectivity index (χ2n) is 6.83. The van der Waals surface area contributed by atoms with Gasteiger partial charge in [-0.3, -0.25) is 4.79 Å². The highest BCUT2D eigenvalue weighted by atomic mass is 16.5. The predicted molar refractivity (Wildman–Crippen MR) is 109 cm³/mol. The van der Waals surface area contributed by atoms with Crippen molar-refractivity contribution in [2.45, 2.75) is 26.0 Å². The van der Waals surface area contributed by atoms with Gasteiger partial charge in [-0.2, -0.15) is 0 Å². The molecular weight excluding hydrogens is 360 g/mol. The molecule has 2 aromatic rings. The lowest BCUT2D eigenvalue weighted by Crippen LogP contribution is -2.30. The molecule has 1 aliphatic heterocycles. The fraction of sp³-hybridized carbons (Fsp3) is 0.476. The molecule has 0 unspecified atom stereocenters. The highest BCUT2D eigenvalue weighted by molar-refractivity contribution is 5.74. The number of benzene rings is 1. The van der Waals surface area contributed by atoms with Crippen molar-refractivity contribution < 1.29 is 18.9 Å². The van der Waals surface area contributed by atoms with Crippen LogP contribution in [0.25, 0.3) is 11.3 Å². The molecule has 0 amide bonds. The summed E-state index contributed by atoms with van der Waals surface area (Å²) in [6.45, 7) is 3.66. The Morgan fingerprint density at radius 1 is 1.11 bits per heavy atom. The maximum Gasteiger partial charge on any atom is 0.187 e. The summed E-state index contributed by atoms with van der Waals surface area (Å²) in [5, 5.41) is 3.36. The van der Waals surface area contributed by atoms with E-state index < -0.39 is 0 Å². The van der Waals surface area contributed by atoms with Crippen LogP contribution >= 0.6 is 0 Å². The van der Waals surface area contributed by atoms with Gasteiger partial charge in [0.15, 0.2) is 16.9 Å². The van der Waals surface area contributed by atoms with Gasteiger partial charge in [0, 0.05) is 44.5 Å². The van der Waals surface area contributed by atoms with E-state index in [-0.39, 0.29) is 11.5 Å². The third kappa shape index (κ3) is 3.72. The van der Waals surface area contributed by atoms with E-state index in [0.29, 0.717) is 24.7 Å². The minimum absolute atomic E-state index is 0.00269. The smallest absolute Gasteiger partial charge is 0.187 e. The normalized spacial score (nSPS) is 13.5. The second-order valence-corrected chi connectivity index (χ2v) is 6.83. The van der Waals surface area contributed by atoms with Crippen molar-refractivity contribution in [3.05, 3.63) is 39.5 Å². The van der Waals surface area contributed by atoms with Crippen LogP contribution < -0.4 is 20.2 Å². The molecule has 2 heterocycles. The van der Waals surface area contributed by atoms with Crippen LogP contribution in [-0.2, 0) is 22.4 Å². The maximum absolute atomic E-state index is 12.7. The molecule has 1 aromatic heterocycles. The van der Waals surface area contributed by atoms with E-state index in [1.165, 1.54) is 0 Å². The zero-order valence-corrected chi connectivity index (χ0v) is 17.1. The molecule has 0 radical (unpaired) electrons. The SMILES string of the molecule is COC[C@@H](CNc1cc(=O)c(C)c2n1CCc1cc(OC)c(OC)cc1-2)OC. The molecule has 0 spiro atoms. The minimum Gasteiger partial charge on any atom is -0.493 e. The molecule has 1 aliphatic rings. The number of aromatic nitrogens is 1. The quantitative estimate of drug-likeness (QED) is 0.749. The first-order chi connectivity index (χ1) is 13.5. The van der Waals surface area contributed by atoms with Crippen molar-refractivity contribution in [2.24, 2.45) is 0 Å². The summed E-state index contributed by atoms with van der Waals surface area (Å²) in [5.74, 6) is 2.13. The Kier molecular flexibility index (Phi) is 6.26. The molecule has 7 nitrogen and oxygen atoms in total. The third-order valence-electron chi connectivity index (χ3n) is 5.22. The monoisotopic (exact) mass is 388 g/mol. The molecule has 0 aliphatic carbocycles. The average Bonchev–Trinajstić information content (AvgIpc) is 2.72. The highest BCUT2D eigenvalue weighted by Gasteiger charge is 2.24. The summed E-state index contributed by atoms with van der Waals surface area (Å²) in [5.41, 5.74) is 3.78. The van der Waals surface area contributed by atoms with Gasteiger partial charge in [0.2, 0.25) is 0 Å². The summed E-state index contributed by atoms with van der Waals surface area (Å²) >= 11 is 0. The van der Waals surface area contributed by atoms with Crippen molar-refractivity contribution in [3.8, 4) is 22.8 Å². The summed E-state index contributed by atoms with van der Waals surface area (Å²) < 4.78 is 23.7. The van der Waals surface area contributed by atoms with Gasteiger partial charge in [0.05, 0.1) is 32.6 Å². The summed E-state index contributed by atoms with van der Waals surface area (Å²) in [6, 6.07) is 5.61. The molecule has 0 bridgehead atoms. The zero-order chi connectivity index (χ0) is 20.3. The van der Waals surface area contributed by atoms with E-state index in [1.807, 2.05) is 19.1 Å². The number of methoxy groups -OCH3 is 4. The average molecular weight is 388 g/mol. The Labute approximate surface area is 165 Å². The summed E-state index contributed by atoms with van der Waals surface area (Å²) in [7, 11) is 6.54. The zero-order valence-electron chi connectivity index (χ0n) is 17.1.